The minimum Gasteiger partial charge on any atom is -0.369 e. The lowest BCUT2D eigenvalue weighted by Crippen LogP contribution is -2.06. The van der Waals surface area contributed by atoms with Crippen LogP contribution in [0, 0.1) is 0 Å². The average Bonchev–Trinajstić information content (AvgIpc) is 2.91. The molecule has 4 nitrogen and oxygen atoms in total. The Morgan fingerprint density at radius 1 is 1.33 bits per heavy atom. The first kappa shape index (κ1) is 13.4. The third-order valence-electron chi connectivity index (χ3n) is 2.45. The van der Waals surface area contributed by atoms with Gasteiger partial charge in [0.25, 0.3) is 0 Å². The molecule has 0 aliphatic rings. The van der Waals surface area contributed by atoms with E-state index < -0.39 is 0 Å². The number of aryl methyl sites for hydroxylation is 1. The Labute approximate surface area is 119 Å². The summed E-state index contributed by atoms with van der Waals surface area (Å²) in [5.74, 6) is 1.61. The summed E-state index contributed by atoms with van der Waals surface area (Å²) in [6.07, 6.45) is 3.74. The lowest BCUT2D eigenvalue weighted by molar-refractivity contribution is 0.944. The van der Waals surface area contributed by atoms with Gasteiger partial charge < -0.3 is 5.32 Å². The van der Waals surface area contributed by atoms with Gasteiger partial charge in [0, 0.05) is 12.7 Å². The number of thiazole rings is 1. The van der Waals surface area contributed by atoms with Crippen molar-refractivity contribution in [1.82, 2.24) is 15.0 Å². The summed E-state index contributed by atoms with van der Waals surface area (Å²) in [5, 5.41) is 3.33. The van der Waals surface area contributed by atoms with Crippen LogP contribution in [0.15, 0.2) is 16.2 Å². The van der Waals surface area contributed by atoms with Gasteiger partial charge in [0.2, 0.25) is 0 Å². The number of hydrogen-bond donors (Lipinski definition) is 1. The summed E-state index contributed by atoms with van der Waals surface area (Å²) < 4.78 is 0.965. The molecule has 0 unspecified atom stereocenters. The molecule has 2 heterocycles. The minimum absolute atomic E-state index is 0.746. The topological polar surface area (TPSA) is 50.7 Å². The SMILES string of the molecule is CCCNc1nc(-c2cncs2)nc(CC)c1Br. The zero-order valence-corrected chi connectivity index (χ0v) is 12.8. The maximum absolute atomic E-state index is 4.57. The summed E-state index contributed by atoms with van der Waals surface area (Å²) in [4.78, 5) is 14.2. The molecule has 2 aromatic rings. The standard InChI is InChI=1S/C12H15BrN4S/c1-3-5-15-12-10(13)8(4-2)16-11(17-12)9-6-14-7-18-9/h6-7H,3-5H2,1-2H3,(H,15,16,17). The van der Waals surface area contributed by atoms with Crippen LogP contribution in [0.25, 0.3) is 10.7 Å². The van der Waals surface area contributed by atoms with Gasteiger partial charge in [-0.15, -0.1) is 11.3 Å². The maximum Gasteiger partial charge on any atom is 0.173 e. The molecule has 0 atom stereocenters. The van der Waals surface area contributed by atoms with Crippen LogP contribution in [0.3, 0.4) is 0 Å². The lowest BCUT2D eigenvalue weighted by atomic mass is 10.3. The molecule has 0 saturated carbocycles. The van der Waals surface area contributed by atoms with Crippen molar-refractivity contribution in [2.24, 2.45) is 0 Å². The fourth-order valence-corrected chi connectivity index (χ4v) is 2.68. The molecule has 0 spiro atoms. The molecule has 2 aromatic heterocycles. The molecule has 0 aliphatic heterocycles. The number of aromatic nitrogens is 3. The zero-order valence-electron chi connectivity index (χ0n) is 10.4. The number of anilines is 1. The van der Waals surface area contributed by atoms with E-state index in [1.807, 2.05) is 0 Å². The minimum atomic E-state index is 0.746. The van der Waals surface area contributed by atoms with Gasteiger partial charge in [-0.2, -0.15) is 0 Å². The van der Waals surface area contributed by atoms with Crippen LogP contribution >= 0.6 is 27.3 Å². The molecular weight excluding hydrogens is 312 g/mol. The smallest absolute Gasteiger partial charge is 0.173 e. The molecule has 0 bridgehead atoms. The molecule has 18 heavy (non-hydrogen) atoms. The first-order valence-electron chi connectivity index (χ1n) is 5.95. The van der Waals surface area contributed by atoms with E-state index in [9.17, 15) is 0 Å². The highest BCUT2D eigenvalue weighted by atomic mass is 79.9. The van der Waals surface area contributed by atoms with Crippen molar-refractivity contribution in [1.29, 1.82) is 0 Å². The van der Waals surface area contributed by atoms with Gasteiger partial charge in [-0.1, -0.05) is 13.8 Å². The second kappa shape index (κ2) is 6.24. The van der Waals surface area contributed by atoms with Crippen molar-refractivity contribution in [3.63, 3.8) is 0 Å². The highest BCUT2D eigenvalue weighted by Gasteiger charge is 2.12. The highest BCUT2D eigenvalue weighted by molar-refractivity contribution is 9.10. The Hall–Kier alpha value is -1.01. The summed E-state index contributed by atoms with van der Waals surface area (Å²) in [7, 11) is 0. The van der Waals surface area contributed by atoms with Crippen LogP contribution in [0.4, 0.5) is 5.82 Å². The molecule has 0 radical (unpaired) electrons. The number of rotatable bonds is 5. The Morgan fingerprint density at radius 2 is 2.17 bits per heavy atom. The van der Waals surface area contributed by atoms with Crippen molar-refractivity contribution in [3.8, 4) is 10.7 Å². The van der Waals surface area contributed by atoms with Crippen molar-refractivity contribution < 1.29 is 0 Å². The summed E-state index contributed by atoms with van der Waals surface area (Å²) in [6, 6.07) is 0. The monoisotopic (exact) mass is 326 g/mol. The molecule has 0 aromatic carbocycles. The summed E-state index contributed by atoms with van der Waals surface area (Å²) in [5.41, 5.74) is 2.82. The van der Waals surface area contributed by atoms with Crippen LogP contribution in [0.2, 0.25) is 0 Å². The molecule has 0 saturated heterocycles. The van der Waals surface area contributed by atoms with Crippen molar-refractivity contribution in [3.05, 3.63) is 21.9 Å². The third kappa shape index (κ3) is 2.87. The zero-order chi connectivity index (χ0) is 13.0. The average molecular weight is 327 g/mol. The van der Waals surface area contributed by atoms with Crippen LogP contribution < -0.4 is 5.32 Å². The fraction of sp³-hybridized carbons (Fsp3) is 0.417. The van der Waals surface area contributed by atoms with Crippen molar-refractivity contribution >= 4 is 33.1 Å². The molecule has 96 valence electrons. The van der Waals surface area contributed by atoms with E-state index in [2.05, 4.69) is 50.0 Å². The van der Waals surface area contributed by atoms with Gasteiger partial charge in [-0.05, 0) is 28.8 Å². The van der Waals surface area contributed by atoms with E-state index in [1.165, 1.54) is 0 Å². The molecule has 0 aliphatic carbocycles. The predicted octanol–water partition coefficient (Wildman–Crippen LogP) is 3.75. The highest BCUT2D eigenvalue weighted by Crippen LogP contribution is 2.28. The van der Waals surface area contributed by atoms with Crippen molar-refractivity contribution in [2.45, 2.75) is 26.7 Å². The lowest BCUT2D eigenvalue weighted by Gasteiger charge is -2.11. The maximum atomic E-state index is 4.57. The first-order chi connectivity index (χ1) is 8.76. The number of nitrogens with one attached hydrogen (secondary N) is 1. The van der Waals surface area contributed by atoms with Gasteiger partial charge in [-0.3, -0.25) is 4.98 Å². The first-order valence-corrected chi connectivity index (χ1v) is 7.62. The van der Waals surface area contributed by atoms with Crippen LogP contribution in [-0.2, 0) is 6.42 Å². The summed E-state index contributed by atoms with van der Waals surface area (Å²) >= 11 is 5.12. The van der Waals surface area contributed by atoms with Gasteiger partial charge in [-0.25, -0.2) is 9.97 Å². The van der Waals surface area contributed by atoms with E-state index in [0.29, 0.717) is 0 Å². The fourth-order valence-electron chi connectivity index (χ4n) is 1.52. The second-order valence-corrected chi connectivity index (χ2v) is 5.48. The van der Waals surface area contributed by atoms with Crippen LogP contribution in [-0.4, -0.2) is 21.5 Å². The Morgan fingerprint density at radius 3 is 2.78 bits per heavy atom. The van der Waals surface area contributed by atoms with Gasteiger partial charge >= 0.3 is 0 Å². The quantitative estimate of drug-likeness (QED) is 0.909. The Kier molecular flexibility index (Phi) is 4.66. The molecule has 2 rings (SSSR count). The molecule has 6 heteroatoms. The van der Waals surface area contributed by atoms with Crippen LogP contribution in [0.5, 0.6) is 0 Å². The van der Waals surface area contributed by atoms with E-state index in [0.717, 1.165) is 46.1 Å². The normalized spacial score (nSPS) is 10.6. The molecule has 0 amide bonds. The predicted molar refractivity (Wildman–Crippen MR) is 79.0 cm³/mol. The van der Waals surface area contributed by atoms with Gasteiger partial charge in [0.05, 0.1) is 20.6 Å². The van der Waals surface area contributed by atoms with E-state index in [-0.39, 0.29) is 0 Å². The van der Waals surface area contributed by atoms with E-state index in [4.69, 9.17) is 0 Å². The van der Waals surface area contributed by atoms with Gasteiger partial charge in [0.1, 0.15) is 5.82 Å². The Bertz CT molecular complexity index is 513. The molecular formula is C12H15BrN4S. The Balaban J connectivity index is 2.42. The summed E-state index contributed by atoms with van der Waals surface area (Å²) in [6.45, 7) is 5.13. The van der Waals surface area contributed by atoms with E-state index >= 15 is 0 Å². The largest absolute Gasteiger partial charge is 0.369 e. The van der Waals surface area contributed by atoms with Crippen molar-refractivity contribution in [2.75, 3.05) is 11.9 Å². The molecule has 0 fully saturated rings. The van der Waals surface area contributed by atoms with Gasteiger partial charge in [0.15, 0.2) is 5.82 Å². The number of halogens is 1. The van der Waals surface area contributed by atoms with Crippen LogP contribution in [0.1, 0.15) is 26.0 Å². The molecule has 1 N–H and O–H groups in total. The second-order valence-electron chi connectivity index (χ2n) is 3.80. The number of nitrogens with zero attached hydrogens (tertiary/aromatic N) is 3. The number of hydrogen-bond acceptors (Lipinski definition) is 5. The third-order valence-corrected chi connectivity index (χ3v) is 4.05. The van der Waals surface area contributed by atoms with E-state index in [1.54, 1.807) is 23.0 Å².